The zero-order chi connectivity index (χ0) is 106. The Morgan fingerprint density at radius 1 is 0.466 bits per heavy atom. The number of carbonyl (C=O) groups is 9. The number of aromatic amines is 2. The minimum Gasteiger partial charge on any atom is -0.464 e. The fraction of sp³-hybridized carbons (Fsp3) is 0.470. The number of ether oxygens (including phenoxy) is 6. The largest absolute Gasteiger partial charge is 0.464 e. The molecule has 3 saturated heterocycles. The second kappa shape index (κ2) is 45.8. The van der Waals surface area contributed by atoms with Crippen molar-refractivity contribution in [2.75, 3.05) is 46.6 Å². The SMILES string of the molecule is CC(C)c1ncccc1-c1[nH]c2ccc3cc2c1CC(C)(C)COC(=O)[C@@H]1CCCN(N1)C(=O)[C@@H](NC(=O)OC(C)(C)C)Cc1cccc-3c1.CC1(C)COC(=O)[C@@H]2CCCN(N2)C(=O)[C@@H](NC(=O)OC(C)(C)C)Cc2cccc(c2)-c2ccc3[nH]c(I)c(c3c2)C1.CCn1c(-c2cccnc2C(C)C)c2c3cc(ccc31)-c1cccc(c1)C[C@H](NC(=O)OC(C)(C)C)C(=O)N1CCC[C@H](N1)C(=O)OCC(C)(C)C2.[2H]CF. The number of nitrogens with zero attached hydrogens (tertiary/aromatic N) is 6. The van der Waals surface area contributed by atoms with Gasteiger partial charge in [0.15, 0.2) is 0 Å². The monoisotopic (exact) mass is 2110 g/mol. The first-order valence-corrected chi connectivity index (χ1v) is 51.9. The Morgan fingerprint density at radius 2 is 0.808 bits per heavy atom. The van der Waals surface area contributed by atoms with Crippen molar-refractivity contribution in [3.05, 3.63) is 213 Å². The molecule has 6 amide bonds. The molecule has 6 aliphatic rings. The molecule has 5 aromatic heterocycles. The zero-order valence-corrected chi connectivity index (χ0v) is 90.1. The molecule has 0 unspecified atom stereocenters. The number of nitrogens with one attached hydrogen (secondary N) is 8. The van der Waals surface area contributed by atoms with E-state index >= 15 is 0 Å². The van der Waals surface area contributed by atoms with Gasteiger partial charge in [-0.2, -0.15) is 0 Å². The first-order chi connectivity index (χ1) is 69.5. The third-order valence-corrected chi connectivity index (χ3v) is 27.5. The van der Waals surface area contributed by atoms with Crippen molar-refractivity contribution < 1.29 is 77.3 Å². The number of hydrogen-bond donors (Lipinski definition) is 8. The lowest BCUT2D eigenvalue weighted by Gasteiger charge is -2.35. The number of esters is 3. The van der Waals surface area contributed by atoms with Crippen molar-refractivity contribution in [1.82, 2.24) is 71.8 Å². The van der Waals surface area contributed by atoms with Gasteiger partial charge in [-0.05, 0) is 289 Å². The molecule has 18 bridgehead atoms. The number of hydrogen-bond acceptors (Lipinski definition) is 20. The fourth-order valence-electron chi connectivity index (χ4n) is 19.9. The van der Waals surface area contributed by atoms with E-state index in [1.165, 1.54) is 26.2 Å². The summed E-state index contributed by atoms with van der Waals surface area (Å²) in [5, 5.41) is 16.1. The fourth-order valence-corrected chi connectivity index (χ4v) is 20.7. The number of amides is 6. The molecule has 8 N–H and O–H groups in total. The van der Waals surface area contributed by atoms with Crippen LogP contribution in [0, 0.1) is 19.9 Å². The Morgan fingerprint density at radius 3 is 1.19 bits per heavy atom. The molecule has 0 spiro atoms. The highest BCUT2D eigenvalue weighted by Gasteiger charge is 2.42. The lowest BCUT2D eigenvalue weighted by Crippen LogP contribution is -2.60. The molecule has 31 heteroatoms. The molecular weight excluding hydrogens is 1960 g/mol. The zero-order valence-electron chi connectivity index (χ0n) is 88.9. The number of cyclic esters (lactones) is 3. The number of alkyl halides is 1. The summed E-state index contributed by atoms with van der Waals surface area (Å²) in [5.74, 6) is -1.77. The minimum absolute atomic E-state index is 0.193. The highest BCUT2D eigenvalue weighted by atomic mass is 127. The van der Waals surface area contributed by atoms with E-state index in [2.05, 4.69) is 249 Å². The quantitative estimate of drug-likeness (QED) is 0.0398. The molecule has 11 heterocycles. The second-order valence-electron chi connectivity index (χ2n) is 45.0. The average Bonchev–Trinajstić information content (AvgIpc) is 1.59. The standard InChI is InChI=1S/C42H53N5O5.C40H49N5O5.C32H39IN4O5.CH3F/c1-9-46-35-18-17-29-23-31(35)32(37(46)30-15-11-19-43-36(30)26(2)3)24-42(7,8)25-51-39(49)33-16-12-20-47(45-33)38(48)34(44-40(50)52-41(4,5)6)22-27-13-10-14-28(29)21-27;1-24(2)34-28(13-9-17-41-34)35-30-22-40(6,7)23-49-37(47)32-14-10-18-45(44-32)36(46)33(43-38(48)50-39(3,4)5)20-25-11-8-12-26(19-25)27-15-16-31(42-35)29(30)21-27;1-31(2,3)42-30(40)35-26-15-19-8-6-9-20(14-19)21-11-12-24-22(16-21)23(27(33)34-24)17-32(4,5)18-41-29(39)25-10-7-13-37(36-25)28(26)38;1-2/h10-11,13-15,17-19,21,23,26,33-34,45H,9,12,16,20,22,24-25H2,1-8H3,(H,44,50);8-9,11-13,15-17,19,21,24,32-33,42,44H,10,14,18,20,22-23H2,1-7H3,(H,43,48);6,8-9,11-12,14,16,25-26,34,36H,7,10,13,15,17-18H2,1-5H3,(H,35,40);1H3/t33-,34-;32-,33-;25-,26-;/m000./s1/i;;;1D. The summed E-state index contributed by atoms with van der Waals surface area (Å²) in [7, 11) is -1.00. The van der Waals surface area contributed by atoms with Gasteiger partial charge >= 0.3 is 36.2 Å². The highest BCUT2D eigenvalue weighted by molar-refractivity contribution is 14.1. The lowest BCUT2D eigenvalue weighted by atomic mass is 9.83. The summed E-state index contributed by atoms with van der Waals surface area (Å²) < 4.78 is 53.4. The predicted octanol–water partition coefficient (Wildman–Crippen LogP) is 20.7. The van der Waals surface area contributed by atoms with Gasteiger partial charge in [-0.15, -0.1) is 0 Å². The van der Waals surface area contributed by atoms with Crippen LogP contribution in [0.2, 0.25) is 0 Å². The molecule has 0 saturated carbocycles. The van der Waals surface area contributed by atoms with Gasteiger partial charge in [-0.3, -0.25) is 58.2 Å². The number of rotatable bonds is 8. The number of alkyl carbamates (subject to hydrolysis) is 3. The van der Waals surface area contributed by atoms with Crippen LogP contribution in [0.15, 0.2) is 164 Å². The summed E-state index contributed by atoms with van der Waals surface area (Å²) in [6.45, 7) is 42.1. The number of carbonyl (C=O) groups excluding carboxylic acids is 9. The van der Waals surface area contributed by atoms with E-state index in [4.69, 9.17) is 39.8 Å². The molecule has 0 radical (unpaired) electrons. The molecule has 6 atom stereocenters. The van der Waals surface area contributed by atoms with Gasteiger partial charge in [-0.1, -0.05) is 160 Å². The third kappa shape index (κ3) is 27.2. The Hall–Kier alpha value is -12.6. The van der Waals surface area contributed by atoms with Crippen molar-refractivity contribution >= 4 is 109 Å². The number of aryl methyl sites for hydroxylation is 1. The van der Waals surface area contributed by atoms with E-state index in [0.29, 0.717) is 71.0 Å². The van der Waals surface area contributed by atoms with Crippen LogP contribution in [0.3, 0.4) is 0 Å². The minimum atomic E-state index is -1.00. The summed E-state index contributed by atoms with van der Waals surface area (Å²) >= 11 is 2.34. The average molecular weight is 2110 g/mol. The van der Waals surface area contributed by atoms with Crippen molar-refractivity contribution in [2.24, 2.45) is 16.2 Å². The van der Waals surface area contributed by atoms with Crippen LogP contribution in [-0.4, -0.2) is 193 Å². The highest BCUT2D eigenvalue weighted by Crippen LogP contribution is 2.45. The first-order valence-electron chi connectivity index (χ1n) is 51.6. The number of pyridine rings is 2. The van der Waals surface area contributed by atoms with Gasteiger partial charge < -0.3 is 58.9 Å². The summed E-state index contributed by atoms with van der Waals surface area (Å²) in [6.07, 6.45) is 7.89. The number of halogens is 2. The Balaban J connectivity index is 0.000000173. The normalized spacial score (nSPS) is 20.1. The second-order valence-corrected chi connectivity index (χ2v) is 46.1. The molecule has 6 aliphatic heterocycles. The maximum absolute atomic E-state index is 14.1. The van der Waals surface area contributed by atoms with Crippen molar-refractivity contribution in [3.63, 3.8) is 0 Å². The van der Waals surface area contributed by atoms with Crippen LogP contribution in [-0.2, 0) is 102 Å². The number of aromatic nitrogens is 5. The smallest absolute Gasteiger partial charge is 0.408 e. The molecule has 17 rings (SSSR count). The third-order valence-electron chi connectivity index (χ3n) is 26.6. The van der Waals surface area contributed by atoms with E-state index in [-0.39, 0.29) is 80.0 Å². The van der Waals surface area contributed by atoms with Crippen molar-refractivity contribution in [3.8, 4) is 55.9 Å². The summed E-state index contributed by atoms with van der Waals surface area (Å²) in [5.41, 5.74) is 27.9. The number of hydrazine groups is 3. The van der Waals surface area contributed by atoms with Crippen LogP contribution in [0.5, 0.6) is 0 Å². The van der Waals surface area contributed by atoms with Gasteiger partial charge in [0.2, 0.25) is 0 Å². The van der Waals surface area contributed by atoms with E-state index in [9.17, 15) is 47.5 Å². The Kier molecular flexibility index (Phi) is 33.8. The molecular formula is C115H144FIN14O15. The lowest BCUT2D eigenvalue weighted by molar-refractivity contribution is -0.156. The van der Waals surface area contributed by atoms with Crippen LogP contribution < -0.4 is 32.2 Å². The van der Waals surface area contributed by atoms with Gasteiger partial charge in [0.05, 0.1) is 54.8 Å². The number of benzene rings is 6. The van der Waals surface area contributed by atoms with Gasteiger partial charge in [0.1, 0.15) is 53.1 Å². The number of H-pyrrole nitrogens is 2. The maximum Gasteiger partial charge on any atom is 0.408 e. The maximum atomic E-state index is 14.1. The van der Waals surface area contributed by atoms with E-state index in [0.717, 1.165) is 139 Å². The van der Waals surface area contributed by atoms with Crippen LogP contribution in [0.25, 0.3) is 88.6 Å². The van der Waals surface area contributed by atoms with Gasteiger partial charge in [0.25, 0.3) is 17.7 Å². The van der Waals surface area contributed by atoms with Gasteiger partial charge in [-0.25, -0.2) is 30.7 Å². The number of fused-ring (bicyclic) bond motifs is 18. The molecule has 0 aliphatic carbocycles. The predicted molar refractivity (Wildman–Crippen MR) is 574 cm³/mol. The molecule has 778 valence electrons. The Labute approximate surface area is 871 Å². The molecule has 6 aromatic carbocycles. The van der Waals surface area contributed by atoms with Crippen LogP contribution >= 0.6 is 22.6 Å². The van der Waals surface area contributed by atoms with Crippen molar-refractivity contribution in [2.45, 2.75) is 287 Å². The van der Waals surface area contributed by atoms with Gasteiger partial charge in [0, 0.05) is 118 Å². The van der Waals surface area contributed by atoms with Crippen LogP contribution in [0.1, 0.15) is 235 Å². The summed E-state index contributed by atoms with van der Waals surface area (Å²) in [6, 6.07) is 47.1. The van der Waals surface area contributed by atoms with E-state index < -0.39 is 101 Å². The first kappa shape index (κ1) is 108. The van der Waals surface area contributed by atoms with Crippen molar-refractivity contribution in [1.29, 1.82) is 0 Å². The Bertz CT molecular complexity index is 6660. The molecule has 11 aromatic rings. The topological polar surface area (TPSA) is 353 Å². The molecule has 29 nitrogen and oxygen atoms in total. The van der Waals surface area contributed by atoms with E-state index in [1.54, 1.807) is 62.3 Å². The summed E-state index contributed by atoms with van der Waals surface area (Å²) in [4.78, 5) is 138. The molecule has 146 heavy (non-hydrogen) atoms. The van der Waals surface area contributed by atoms with Crippen LogP contribution in [0.4, 0.5) is 18.8 Å². The van der Waals surface area contributed by atoms with E-state index in [1.807, 2.05) is 60.9 Å². The molecule has 3 fully saturated rings.